The quantitative estimate of drug-likeness (QED) is 0.749. The van der Waals surface area contributed by atoms with Gasteiger partial charge in [-0.25, -0.2) is 0 Å². The van der Waals surface area contributed by atoms with Crippen molar-refractivity contribution in [2.75, 3.05) is 6.54 Å². The number of thiophene rings is 2. The molecule has 2 heterocycles. The van der Waals surface area contributed by atoms with E-state index in [1.165, 1.54) is 39.9 Å². The van der Waals surface area contributed by atoms with E-state index in [1.807, 2.05) is 22.7 Å². The Balaban J connectivity index is 1.82. The van der Waals surface area contributed by atoms with Crippen LogP contribution in [0.15, 0.2) is 22.0 Å². The highest BCUT2D eigenvalue weighted by Gasteiger charge is 2.20. The van der Waals surface area contributed by atoms with Crippen LogP contribution in [0.2, 0.25) is 0 Å². The Morgan fingerprint density at radius 1 is 1.35 bits per heavy atom. The summed E-state index contributed by atoms with van der Waals surface area (Å²) in [5.74, 6) is 0. The highest BCUT2D eigenvalue weighted by atomic mass is 79.9. The second-order valence-electron chi connectivity index (χ2n) is 5.31. The zero-order valence-corrected chi connectivity index (χ0v) is 15.0. The minimum Gasteiger partial charge on any atom is -0.309 e. The van der Waals surface area contributed by atoms with Crippen molar-refractivity contribution in [3.63, 3.8) is 0 Å². The van der Waals surface area contributed by atoms with Gasteiger partial charge in [0.15, 0.2) is 0 Å². The first-order valence-electron chi connectivity index (χ1n) is 7.34. The fourth-order valence-electron chi connectivity index (χ4n) is 2.86. The Morgan fingerprint density at radius 2 is 2.20 bits per heavy atom. The molecule has 1 atom stereocenters. The summed E-state index contributed by atoms with van der Waals surface area (Å²) in [5, 5.41) is 5.84. The van der Waals surface area contributed by atoms with Crippen LogP contribution in [0, 0.1) is 0 Å². The van der Waals surface area contributed by atoms with E-state index in [2.05, 4.69) is 45.7 Å². The molecule has 1 aliphatic rings. The van der Waals surface area contributed by atoms with Crippen LogP contribution in [0.5, 0.6) is 0 Å². The summed E-state index contributed by atoms with van der Waals surface area (Å²) in [6.07, 6.45) is 6.40. The van der Waals surface area contributed by atoms with E-state index in [9.17, 15) is 0 Å². The maximum atomic E-state index is 3.67. The molecule has 1 aliphatic carbocycles. The minimum absolute atomic E-state index is 0.463. The summed E-state index contributed by atoms with van der Waals surface area (Å²) >= 11 is 7.55. The number of rotatable bonds is 5. The molecule has 0 radical (unpaired) electrons. The number of nitrogens with one attached hydrogen (secondary N) is 1. The van der Waals surface area contributed by atoms with E-state index in [-0.39, 0.29) is 0 Å². The van der Waals surface area contributed by atoms with Gasteiger partial charge in [-0.3, -0.25) is 0 Å². The van der Waals surface area contributed by atoms with Gasteiger partial charge in [-0.15, -0.1) is 22.7 Å². The SMILES string of the molecule is CCNC(Cc1sccc1Br)c1cc2c(s1)CCCC2. The molecule has 0 amide bonds. The molecule has 0 aliphatic heterocycles. The predicted octanol–water partition coefficient (Wildman–Crippen LogP) is 5.34. The maximum absolute atomic E-state index is 3.67. The van der Waals surface area contributed by atoms with Gasteiger partial charge in [0.05, 0.1) is 0 Å². The topological polar surface area (TPSA) is 12.0 Å². The smallest absolute Gasteiger partial charge is 0.0464 e. The molecule has 1 N–H and O–H groups in total. The van der Waals surface area contributed by atoms with Crippen LogP contribution in [0.25, 0.3) is 0 Å². The number of fused-ring (bicyclic) bond motifs is 1. The second-order valence-corrected chi connectivity index (χ2v) is 8.33. The van der Waals surface area contributed by atoms with Crippen molar-refractivity contribution in [1.29, 1.82) is 0 Å². The van der Waals surface area contributed by atoms with E-state index in [0.29, 0.717) is 6.04 Å². The average molecular weight is 370 g/mol. The molecule has 0 spiro atoms. The van der Waals surface area contributed by atoms with Gasteiger partial charge in [0.25, 0.3) is 0 Å². The van der Waals surface area contributed by atoms with Gasteiger partial charge >= 0.3 is 0 Å². The lowest BCUT2D eigenvalue weighted by molar-refractivity contribution is 0.560. The molecule has 108 valence electrons. The fraction of sp³-hybridized carbons (Fsp3) is 0.500. The largest absolute Gasteiger partial charge is 0.309 e. The lowest BCUT2D eigenvalue weighted by Crippen LogP contribution is -2.21. The van der Waals surface area contributed by atoms with Crippen molar-refractivity contribution in [2.24, 2.45) is 0 Å². The molecule has 20 heavy (non-hydrogen) atoms. The summed E-state index contributed by atoms with van der Waals surface area (Å²) in [4.78, 5) is 4.61. The third-order valence-corrected chi connectivity index (χ3v) is 7.19. The molecule has 0 bridgehead atoms. The maximum Gasteiger partial charge on any atom is 0.0464 e. The standard InChI is InChI=1S/C16H20BrNS2/c1-2-18-13(10-15-12(17)7-8-19-15)16-9-11-5-3-4-6-14(11)20-16/h7-9,13,18H,2-6,10H2,1H3. The lowest BCUT2D eigenvalue weighted by Gasteiger charge is -2.16. The zero-order valence-electron chi connectivity index (χ0n) is 11.7. The molecule has 4 heteroatoms. The average Bonchev–Trinajstić information content (AvgIpc) is 3.04. The van der Waals surface area contributed by atoms with Gasteiger partial charge < -0.3 is 5.32 Å². The van der Waals surface area contributed by atoms with Crippen molar-refractivity contribution < 1.29 is 0 Å². The molecule has 2 aromatic rings. The van der Waals surface area contributed by atoms with Crippen molar-refractivity contribution in [3.8, 4) is 0 Å². The first-order chi connectivity index (χ1) is 9.78. The first-order valence-corrected chi connectivity index (χ1v) is 9.83. The normalized spacial score (nSPS) is 16.1. The molecule has 2 aromatic heterocycles. The van der Waals surface area contributed by atoms with E-state index in [4.69, 9.17) is 0 Å². The Hall–Kier alpha value is -0.160. The Bertz CT molecular complexity index is 549. The number of hydrogen-bond donors (Lipinski definition) is 1. The molecular formula is C16H20BrNS2. The number of likely N-dealkylation sites (N-methyl/N-ethyl adjacent to an activating group) is 1. The highest BCUT2D eigenvalue weighted by Crippen LogP contribution is 2.35. The molecule has 0 saturated heterocycles. The minimum atomic E-state index is 0.463. The van der Waals surface area contributed by atoms with Gasteiger partial charge in [-0.1, -0.05) is 6.92 Å². The van der Waals surface area contributed by atoms with Crippen LogP contribution in [0.1, 0.15) is 46.0 Å². The molecular weight excluding hydrogens is 350 g/mol. The summed E-state index contributed by atoms with van der Waals surface area (Å²) < 4.78 is 1.26. The molecule has 3 rings (SSSR count). The van der Waals surface area contributed by atoms with E-state index in [0.717, 1.165) is 13.0 Å². The van der Waals surface area contributed by atoms with Crippen molar-refractivity contribution in [3.05, 3.63) is 42.2 Å². The van der Waals surface area contributed by atoms with Gasteiger partial charge in [-0.2, -0.15) is 0 Å². The highest BCUT2D eigenvalue weighted by molar-refractivity contribution is 9.10. The van der Waals surface area contributed by atoms with Crippen LogP contribution < -0.4 is 5.32 Å². The number of aryl methyl sites for hydroxylation is 2. The molecule has 1 unspecified atom stereocenters. The van der Waals surface area contributed by atoms with Crippen LogP contribution in [0.3, 0.4) is 0 Å². The van der Waals surface area contributed by atoms with Gasteiger partial charge in [0.2, 0.25) is 0 Å². The van der Waals surface area contributed by atoms with E-state index in [1.54, 1.807) is 10.4 Å². The van der Waals surface area contributed by atoms with Crippen LogP contribution in [0.4, 0.5) is 0 Å². The van der Waals surface area contributed by atoms with Crippen molar-refractivity contribution >= 4 is 38.6 Å². The summed E-state index contributed by atoms with van der Waals surface area (Å²) in [6, 6.07) is 5.08. The van der Waals surface area contributed by atoms with Gasteiger partial charge in [0, 0.05) is 31.6 Å². The molecule has 0 aromatic carbocycles. The fourth-order valence-corrected chi connectivity index (χ4v) is 5.76. The number of halogens is 1. The molecule has 1 nitrogen and oxygen atoms in total. The number of hydrogen-bond acceptors (Lipinski definition) is 3. The van der Waals surface area contributed by atoms with Crippen LogP contribution >= 0.6 is 38.6 Å². The molecule has 0 saturated carbocycles. The van der Waals surface area contributed by atoms with Gasteiger partial charge in [0.1, 0.15) is 0 Å². The zero-order chi connectivity index (χ0) is 13.9. The third-order valence-electron chi connectivity index (χ3n) is 3.89. The predicted molar refractivity (Wildman–Crippen MR) is 93.1 cm³/mol. The van der Waals surface area contributed by atoms with Crippen molar-refractivity contribution in [1.82, 2.24) is 5.32 Å². The Labute approximate surface area is 137 Å². The Kier molecular flexibility index (Phi) is 4.97. The first kappa shape index (κ1) is 14.8. The van der Waals surface area contributed by atoms with Crippen LogP contribution in [-0.2, 0) is 19.3 Å². The second kappa shape index (κ2) is 6.73. The monoisotopic (exact) mass is 369 g/mol. The van der Waals surface area contributed by atoms with E-state index < -0.39 is 0 Å². The lowest BCUT2D eigenvalue weighted by atomic mass is 9.98. The summed E-state index contributed by atoms with van der Waals surface area (Å²) in [7, 11) is 0. The summed E-state index contributed by atoms with van der Waals surface area (Å²) in [5.41, 5.74) is 1.62. The van der Waals surface area contributed by atoms with Crippen LogP contribution in [-0.4, -0.2) is 6.54 Å². The van der Waals surface area contributed by atoms with Gasteiger partial charge in [-0.05, 0) is 71.2 Å². The third kappa shape index (κ3) is 3.19. The Morgan fingerprint density at radius 3 is 2.90 bits per heavy atom. The summed E-state index contributed by atoms with van der Waals surface area (Å²) in [6.45, 7) is 3.22. The molecule has 0 fully saturated rings. The van der Waals surface area contributed by atoms with E-state index >= 15 is 0 Å². The van der Waals surface area contributed by atoms with Crippen molar-refractivity contribution in [2.45, 2.75) is 45.1 Å².